The van der Waals surface area contributed by atoms with Crippen LogP contribution in [0, 0.1) is 0 Å². The van der Waals surface area contributed by atoms with E-state index in [1.54, 1.807) is 0 Å². The average Bonchev–Trinajstić information content (AvgIpc) is 2.39. The summed E-state index contributed by atoms with van der Waals surface area (Å²) < 4.78 is 0. The molecule has 2 rings (SSSR count). The Kier molecular flexibility index (Phi) is 3.11. The molecule has 2 aromatic rings. The van der Waals surface area contributed by atoms with E-state index in [0.717, 1.165) is 11.1 Å². The molecule has 1 aromatic carbocycles. The Morgan fingerprint density at radius 1 is 1.24 bits per heavy atom. The molecule has 5 nitrogen and oxygen atoms in total. The zero-order chi connectivity index (χ0) is 12.3. The Balaban J connectivity index is 2.38. The first-order valence-electron chi connectivity index (χ1n) is 5.06. The number of carboxylic acids is 1. The first-order chi connectivity index (χ1) is 8.20. The third kappa shape index (κ3) is 2.46. The number of nitrogens with zero attached hydrogens (tertiary/aromatic N) is 2. The van der Waals surface area contributed by atoms with E-state index in [0.29, 0.717) is 12.4 Å². The Labute approximate surface area is 98.0 Å². The van der Waals surface area contributed by atoms with Gasteiger partial charge >= 0.3 is 5.97 Å². The normalized spacial score (nSPS) is 10.2. The standard InChI is InChI=1S/C12H11N3O2/c13-7-8-1-3-9(4-2-8)11-14-6-5-10(15-11)12(16)17/h1-6H,7,13H2,(H,16,17). The van der Waals surface area contributed by atoms with Crippen molar-refractivity contribution in [3.8, 4) is 11.4 Å². The molecule has 17 heavy (non-hydrogen) atoms. The van der Waals surface area contributed by atoms with E-state index in [9.17, 15) is 4.79 Å². The molecule has 0 aliphatic heterocycles. The number of aromatic nitrogens is 2. The van der Waals surface area contributed by atoms with Crippen LogP contribution in [0.3, 0.4) is 0 Å². The highest BCUT2D eigenvalue weighted by atomic mass is 16.4. The van der Waals surface area contributed by atoms with Gasteiger partial charge in [0.25, 0.3) is 0 Å². The SMILES string of the molecule is NCc1ccc(-c2nccc(C(=O)O)n2)cc1. The highest BCUT2D eigenvalue weighted by Gasteiger charge is 2.07. The van der Waals surface area contributed by atoms with Gasteiger partial charge in [0.15, 0.2) is 11.5 Å². The number of benzene rings is 1. The average molecular weight is 229 g/mol. The number of aromatic carboxylic acids is 1. The van der Waals surface area contributed by atoms with Crippen molar-refractivity contribution < 1.29 is 9.90 Å². The number of carboxylic acid groups (broad SMARTS) is 1. The topological polar surface area (TPSA) is 89.1 Å². The van der Waals surface area contributed by atoms with Gasteiger partial charge in [-0.3, -0.25) is 0 Å². The lowest BCUT2D eigenvalue weighted by atomic mass is 10.1. The van der Waals surface area contributed by atoms with Gasteiger partial charge in [-0.15, -0.1) is 0 Å². The van der Waals surface area contributed by atoms with Crippen LogP contribution >= 0.6 is 0 Å². The highest BCUT2D eigenvalue weighted by Crippen LogP contribution is 2.15. The van der Waals surface area contributed by atoms with Gasteiger partial charge in [-0.2, -0.15) is 0 Å². The fraction of sp³-hybridized carbons (Fsp3) is 0.0833. The number of hydrogen-bond donors (Lipinski definition) is 2. The van der Waals surface area contributed by atoms with E-state index in [2.05, 4.69) is 9.97 Å². The molecule has 1 heterocycles. The van der Waals surface area contributed by atoms with Gasteiger partial charge in [0.1, 0.15) is 0 Å². The molecule has 0 saturated carbocycles. The zero-order valence-corrected chi connectivity index (χ0v) is 9.00. The van der Waals surface area contributed by atoms with Crippen LogP contribution in [0.5, 0.6) is 0 Å². The van der Waals surface area contributed by atoms with Crippen molar-refractivity contribution in [2.45, 2.75) is 6.54 Å². The molecular formula is C12H11N3O2. The summed E-state index contributed by atoms with van der Waals surface area (Å²) in [4.78, 5) is 18.8. The van der Waals surface area contributed by atoms with Crippen LogP contribution in [0.15, 0.2) is 36.5 Å². The molecule has 0 radical (unpaired) electrons. The van der Waals surface area contributed by atoms with Crippen molar-refractivity contribution in [1.29, 1.82) is 0 Å². The summed E-state index contributed by atoms with van der Waals surface area (Å²) in [6.45, 7) is 0.469. The lowest BCUT2D eigenvalue weighted by Gasteiger charge is -2.02. The third-order valence-corrected chi connectivity index (χ3v) is 2.32. The molecule has 0 unspecified atom stereocenters. The molecule has 0 bridgehead atoms. The minimum Gasteiger partial charge on any atom is -0.477 e. The molecule has 1 aromatic heterocycles. The van der Waals surface area contributed by atoms with Crippen molar-refractivity contribution in [3.63, 3.8) is 0 Å². The largest absolute Gasteiger partial charge is 0.477 e. The first-order valence-corrected chi connectivity index (χ1v) is 5.06. The summed E-state index contributed by atoms with van der Waals surface area (Å²) in [7, 11) is 0. The van der Waals surface area contributed by atoms with Crippen molar-refractivity contribution in [2.75, 3.05) is 0 Å². The van der Waals surface area contributed by atoms with Crippen LogP contribution in [0.25, 0.3) is 11.4 Å². The number of rotatable bonds is 3. The number of carbonyl (C=O) groups is 1. The van der Waals surface area contributed by atoms with E-state index in [4.69, 9.17) is 10.8 Å². The summed E-state index contributed by atoms with van der Waals surface area (Å²) >= 11 is 0. The molecule has 0 saturated heterocycles. The van der Waals surface area contributed by atoms with Crippen molar-refractivity contribution >= 4 is 5.97 Å². The summed E-state index contributed by atoms with van der Waals surface area (Å²) in [6.07, 6.45) is 1.43. The maximum absolute atomic E-state index is 10.8. The second kappa shape index (κ2) is 4.71. The smallest absolute Gasteiger partial charge is 0.354 e. The quantitative estimate of drug-likeness (QED) is 0.828. The van der Waals surface area contributed by atoms with E-state index < -0.39 is 5.97 Å². The second-order valence-electron chi connectivity index (χ2n) is 3.47. The predicted octanol–water partition coefficient (Wildman–Crippen LogP) is 1.30. The predicted molar refractivity (Wildman–Crippen MR) is 62.3 cm³/mol. The maximum atomic E-state index is 10.8. The summed E-state index contributed by atoms with van der Waals surface area (Å²) in [5.41, 5.74) is 7.25. The van der Waals surface area contributed by atoms with E-state index >= 15 is 0 Å². The van der Waals surface area contributed by atoms with Crippen LogP contribution in [0.2, 0.25) is 0 Å². The van der Waals surface area contributed by atoms with Crippen LogP contribution in [-0.4, -0.2) is 21.0 Å². The monoisotopic (exact) mass is 229 g/mol. The van der Waals surface area contributed by atoms with E-state index in [1.165, 1.54) is 12.3 Å². The van der Waals surface area contributed by atoms with Crippen molar-refractivity contribution in [1.82, 2.24) is 9.97 Å². The van der Waals surface area contributed by atoms with Gasteiger partial charge in [-0.05, 0) is 11.6 Å². The Bertz CT molecular complexity index is 538. The lowest BCUT2D eigenvalue weighted by molar-refractivity contribution is 0.0690. The highest BCUT2D eigenvalue weighted by molar-refractivity contribution is 5.85. The molecule has 0 aliphatic carbocycles. The summed E-state index contributed by atoms with van der Waals surface area (Å²) in [5.74, 6) is -0.666. The molecule has 3 N–H and O–H groups in total. The second-order valence-corrected chi connectivity index (χ2v) is 3.47. The Morgan fingerprint density at radius 3 is 2.53 bits per heavy atom. The lowest BCUT2D eigenvalue weighted by Crippen LogP contribution is -2.02. The Hall–Kier alpha value is -2.27. The third-order valence-electron chi connectivity index (χ3n) is 2.32. The van der Waals surface area contributed by atoms with Gasteiger partial charge < -0.3 is 10.8 Å². The fourth-order valence-electron chi connectivity index (χ4n) is 1.41. The minimum absolute atomic E-state index is 0.0158. The van der Waals surface area contributed by atoms with Gasteiger partial charge in [-0.1, -0.05) is 24.3 Å². The maximum Gasteiger partial charge on any atom is 0.354 e. The molecule has 0 aliphatic rings. The van der Waals surface area contributed by atoms with Crippen LogP contribution in [-0.2, 0) is 6.54 Å². The summed E-state index contributed by atoms with van der Waals surface area (Å²) in [5, 5.41) is 8.83. The van der Waals surface area contributed by atoms with Gasteiger partial charge in [0, 0.05) is 18.3 Å². The molecule has 0 spiro atoms. The van der Waals surface area contributed by atoms with Crippen molar-refractivity contribution in [3.05, 3.63) is 47.8 Å². The Morgan fingerprint density at radius 2 is 1.94 bits per heavy atom. The van der Waals surface area contributed by atoms with E-state index in [-0.39, 0.29) is 5.69 Å². The molecule has 0 amide bonds. The number of nitrogens with two attached hydrogens (primary N) is 1. The number of hydrogen-bond acceptors (Lipinski definition) is 4. The van der Waals surface area contributed by atoms with Crippen LogP contribution in [0.4, 0.5) is 0 Å². The molecule has 5 heteroatoms. The fourth-order valence-corrected chi connectivity index (χ4v) is 1.41. The van der Waals surface area contributed by atoms with Gasteiger partial charge in [0.2, 0.25) is 0 Å². The molecule has 0 atom stereocenters. The van der Waals surface area contributed by atoms with E-state index in [1.807, 2.05) is 24.3 Å². The van der Waals surface area contributed by atoms with Gasteiger partial charge in [0.05, 0.1) is 0 Å². The van der Waals surface area contributed by atoms with Crippen molar-refractivity contribution in [2.24, 2.45) is 5.73 Å². The minimum atomic E-state index is -1.06. The first kappa shape index (κ1) is 11.2. The zero-order valence-electron chi connectivity index (χ0n) is 9.00. The molecular weight excluding hydrogens is 218 g/mol. The summed E-state index contributed by atoms with van der Waals surface area (Å²) in [6, 6.07) is 8.74. The van der Waals surface area contributed by atoms with Crippen LogP contribution in [0.1, 0.15) is 16.1 Å². The molecule has 86 valence electrons. The van der Waals surface area contributed by atoms with Gasteiger partial charge in [-0.25, -0.2) is 14.8 Å². The van der Waals surface area contributed by atoms with Crippen LogP contribution < -0.4 is 5.73 Å². The molecule has 0 fully saturated rings.